The summed E-state index contributed by atoms with van der Waals surface area (Å²) in [5, 5.41) is 10.6. The number of rotatable bonds is 8. The van der Waals surface area contributed by atoms with E-state index in [4.69, 9.17) is 4.84 Å². The Morgan fingerprint density at radius 1 is 1.06 bits per heavy atom. The first-order chi connectivity index (χ1) is 15.2. The van der Waals surface area contributed by atoms with Crippen molar-refractivity contribution in [1.82, 2.24) is 10.3 Å². The molecule has 6 heteroatoms. The number of amides is 1. The Bertz CT molecular complexity index is 1020. The highest BCUT2D eigenvalue weighted by Gasteiger charge is 2.25. The van der Waals surface area contributed by atoms with Crippen LogP contribution in [0.2, 0.25) is 0 Å². The summed E-state index contributed by atoms with van der Waals surface area (Å²) in [4.78, 5) is 22.0. The van der Waals surface area contributed by atoms with E-state index in [1.165, 1.54) is 5.56 Å². The molecule has 6 nitrogen and oxygen atoms in total. The molecule has 0 aliphatic carbocycles. The largest absolute Gasteiger partial charge is 0.391 e. The van der Waals surface area contributed by atoms with Crippen molar-refractivity contribution in [3.8, 4) is 0 Å². The highest BCUT2D eigenvalue weighted by Crippen LogP contribution is 2.24. The van der Waals surface area contributed by atoms with Crippen LogP contribution in [0.25, 0.3) is 0 Å². The smallest absolute Gasteiger partial charge is 0.228 e. The number of aromatic nitrogens is 1. The number of nitrogens with one attached hydrogen (secondary N) is 2. The minimum absolute atomic E-state index is 0.0910. The second-order valence-corrected chi connectivity index (χ2v) is 7.49. The number of nitrogens with zero attached hydrogens (tertiary/aromatic N) is 2. The molecule has 0 bridgehead atoms. The normalized spacial score (nSPS) is 16.3. The summed E-state index contributed by atoms with van der Waals surface area (Å²) in [6, 6.07) is 22.2. The van der Waals surface area contributed by atoms with E-state index in [1.807, 2.05) is 54.6 Å². The van der Waals surface area contributed by atoms with Gasteiger partial charge in [-0.3, -0.25) is 9.78 Å². The van der Waals surface area contributed by atoms with Crippen molar-refractivity contribution < 1.29 is 9.63 Å². The summed E-state index contributed by atoms with van der Waals surface area (Å²) in [6.45, 7) is 2.96. The Hall–Kier alpha value is -3.51. The quantitative estimate of drug-likeness (QED) is 0.576. The molecule has 3 aromatic rings. The van der Waals surface area contributed by atoms with Gasteiger partial charge in [-0.15, -0.1) is 0 Å². The maximum absolute atomic E-state index is 12.5. The number of carbonyl (C=O) groups excluding carboxylic acids is 1. The molecule has 2 aromatic carbocycles. The van der Waals surface area contributed by atoms with Gasteiger partial charge in [0.05, 0.1) is 18.2 Å². The van der Waals surface area contributed by atoms with Crippen molar-refractivity contribution in [2.75, 3.05) is 11.9 Å². The Labute approximate surface area is 182 Å². The van der Waals surface area contributed by atoms with Gasteiger partial charge >= 0.3 is 0 Å². The van der Waals surface area contributed by atoms with Crippen LogP contribution in [-0.2, 0) is 9.63 Å². The van der Waals surface area contributed by atoms with Gasteiger partial charge < -0.3 is 15.5 Å². The minimum atomic E-state index is -0.259. The van der Waals surface area contributed by atoms with Gasteiger partial charge in [-0.1, -0.05) is 54.5 Å². The van der Waals surface area contributed by atoms with Gasteiger partial charge in [-0.2, -0.15) is 0 Å². The fraction of sp³-hybridized carbons (Fsp3) is 0.240. The fourth-order valence-corrected chi connectivity index (χ4v) is 3.70. The van der Waals surface area contributed by atoms with Crippen LogP contribution < -0.4 is 10.6 Å². The summed E-state index contributed by atoms with van der Waals surface area (Å²) >= 11 is 0. The van der Waals surface area contributed by atoms with Crippen LogP contribution >= 0.6 is 0 Å². The minimum Gasteiger partial charge on any atom is -0.391 e. The van der Waals surface area contributed by atoms with Crippen molar-refractivity contribution in [2.24, 2.45) is 5.16 Å². The molecule has 0 radical (unpaired) electrons. The van der Waals surface area contributed by atoms with E-state index in [-0.39, 0.29) is 24.5 Å². The summed E-state index contributed by atoms with van der Waals surface area (Å²) in [6.07, 6.45) is 4.06. The van der Waals surface area contributed by atoms with Gasteiger partial charge in [0, 0.05) is 30.1 Å². The highest BCUT2D eigenvalue weighted by atomic mass is 16.6. The molecule has 2 unspecified atom stereocenters. The number of pyridine rings is 1. The Balaban J connectivity index is 1.33. The molecular weight excluding hydrogens is 388 g/mol. The predicted molar refractivity (Wildman–Crippen MR) is 122 cm³/mol. The molecule has 1 amide bonds. The average molecular weight is 415 g/mol. The van der Waals surface area contributed by atoms with Crippen molar-refractivity contribution in [3.63, 3.8) is 0 Å². The van der Waals surface area contributed by atoms with Crippen LogP contribution in [0, 0.1) is 0 Å². The van der Waals surface area contributed by atoms with Crippen molar-refractivity contribution in [1.29, 1.82) is 0 Å². The predicted octanol–water partition coefficient (Wildman–Crippen LogP) is 4.30. The molecule has 0 fully saturated rings. The monoisotopic (exact) mass is 414 g/mol. The van der Waals surface area contributed by atoms with E-state index in [9.17, 15) is 4.79 Å². The van der Waals surface area contributed by atoms with Crippen LogP contribution in [0.5, 0.6) is 0 Å². The third-order valence-electron chi connectivity index (χ3n) is 5.21. The fourth-order valence-electron chi connectivity index (χ4n) is 3.70. The van der Waals surface area contributed by atoms with Crippen LogP contribution in [0.15, 0.2) is 84.3 Å². The van der Waals surface area contributed by atoms with E-state index < -0.39 is 0 Å². The number of benzene rings is 2. The first-order valence-corrected chi connectivity index (χ1v) is 10.5. The summed E-state index contributed by atoms with van der Waals surface area (Å²) in [5.74, 6) is -0.0910. The topological polar surface area (TPSA) is 75.6 Å². The Morgan fingerprint density at radius 3 is 2.55 bits per heavy atom. The lowest BCUT2D eigenvalue weighted by molar-refractivity contribution is -0.118. The second kappa shape index (κ2) is 10.00. The summed E-state index contributed by atoms with van der Waals surface area (Å²) < 4.78 is 0. The molecule has 0 spiro atoms. The first-order valence-electron chi connectivity index (χ1n) is 10.5. The molecule has 1 aliphatic rings. The molecule has 2 heterocycles. The molecule has 158 valence electrons. The second-order valence-electron chi connectivity index (χ2n) is 7.49. The third kappa shape index (κ3) is 5.35. The van der Waals surface area contributed by atoms with Crippen LogP contribution in [-0.4, -0.2) is 29.3 Å². The molecule has 0 saturated heterocycles. The molecule has 2 N–H and O–H groups in total. The molecule has 1 aromatic heterocycles. The molecule has 4 rings (SSSR count). The SMILES string of the molecule is CCNC(c1ccccc1)c1ccc(NC(=O)CC2CC(c3cccnc3)=NO2)cc1. The summed E-state index contributed by atoms with van der Waals surface area (Å²) in [7, 11) is 0. The van der Waals surface area contributed by atoms with E-state index in [2.05, 4.69) is 39.8 Å². The number of hydrogen-bond acceptors (Lipinski definition) is 5. The van der Waals surface area contributed by atoms with Gasteiger partial charge in [-0.05, 0) is 41.9 Å². The highest BCUT2D eigenvalue weighted by molar-refractivity contribution is 6.01. The number of anilines is 1. The maximum atomic E-state index is 12.5. The zero-order valence-corrected chi connectivity index (χ0v) is 17.5. The van der Waals surface area contributed by atoms with Gasteiger partial charge in [0.15, 0.2) is 0 Å². The lowest BCUT2D eigenvalue weighted by Crippen LogP contribution is -2.22. The molecule has 31 heavy (non-hydrogen) atoms. The first kappa shape index (κ1) is 20.8. The van der Waals surface area contributed by atoms with Crippen LogP contribution in [0.1, 0.15) is 42.5 Å². The van der Waals surface area contributed by atoms with E-state index in [1.54, 1.807) is 12.4 Å². The number of oxime groups is 1. The maximum Gasteiger partial charge on any atom is 0.228 e. The van der Waals surface area contributed by atoms with Gasteiger partial charge in [0.1, 0.15) is 6.10 Å². The zero-order valence-electron chi connectivity index (χ0n) is 17.5. The van der Waals surface area contributed by atoms with Gasteiger partial charge in [0.2, 0.25) is 5.91 Å². The van der Waals surface area contributed by atoms with Gasteiger partial charge in [0.25, 0.3) is 0 Å². The van der Waals surface area contributed by atoms with Crippen LogP contribution in [0.4, 0.5) is 5.69 Å². The van der Waals surface area contributed by atoms with Crippen molar-refractivity contribution in [2.45, 2.75) is 31.9 Å². The van der Waals surface area contributed by atoms with E-state index in [0.29, 0.717) is 6.42 Å². The molecule has 1 aliphatic heterocycles. The standard InChI is InChI=1S/C25H26N4O2/c1-2-27-25(18-7-4-3-5-8-18)19-10-12-21(13-11-19)28-24(30)16-22-15-23(29-31-22)20-9-6-14-26-17-20/h3-14,17,22,25,27H,2,15-16H2,1H3,(H,28,30). The zero-order chi connectivity index (χ0) is 21.5. The Kier molecular flexibility index (Phi) is 6.69. The lowest BCUT2D eigenvalue weighted by Gasteiger charge is -2.19. The molecular formula is C25H26N4O2. The van der Waals surface area contributed by atoms with E-state index in [0.717, 1.165) is 29.1 Å². The van der Waals surface area contributed by atoms with Crippen LogP contribution in [0.3, 0.4) is 0 Å². The molecule has 2 atom stereocenters. The summed E-state index contributed by atoms with van der Waals surface area (Å²) in [5.41, 5.74) is 4.88. The third-order valence-corrected chi connectivity index (χ3v) is 5.21. The van der Waals surface area contributed by atoms with Gasteiger partial charge in [-0.25, -0.2) is 0 Å². The average Bonchev–Trinajstić information content (AvgIpc) is 3.27. The van der Waals surface area contributed by atoms with E-state index >= 15 is 0 Å². The molecule has 0 saturated carbocycles. The number of hydrogen-bond donors (Lipinski definition) is 2. The number of carbonyl (C=O) groups is 1. The Morgan fingerprint density at radius 2 is 1.84 bits per heavy atom. The van der Waals surface area contributed by atoms with Crippen molar-refractivity contribution >= 4 is 17.3 Å². The van der Waals surface area contributed by atoms with Crippen molar-refractivity contribution in [3.05, 3.63) is 95.8 Å². The lowest BCUT2D eigenvalue weighted by atomic mass is 9.98.